The Morgan fingerprint density at radius 1 is 1.39 bits per heavy atom. The van der Waals surface area contributed by atoms with E-state index in [1.165, 1.54) is 16.7 Å². The summed E-state index contributed by atoms with van der Waals surface area (Å²) in [5.41, 5.74) is 7.25. The minimum absolute atomic E-state index is 0.0678. The topological polar surface area (TPSA) is 46.3 Å². The summed E-state index contributed by atoms with van der Waals surface area (Å²) in [6, 6.07) is 7.34. The molecule has 0 spiro atoms. The number of benzene rings is 1. The largest absolute Gasteiger partial charge is 0.399 e. The van der Waals surface area contributed by atoms with Crippen LogP contribution in [0.3, 0.4) is 0 Å². The zero-order valence-electron chi connectivity index (χ0n) is 9.63. The third-order valence-electron chi connectivity index (χ3n) is 2.42. The molecular formula is C13H12N2OS2. The third kappa shape index (κ3) is 2.63. The molecule has 2 N–H and O–H groups in total. The Kier molecular flexibility index (Phi) is 3.84. The number of anilines is 1. The molecule has 1 amide bonds. The summed E-state index contributed by atoms with van der Waals surface area (Å²) in [5, 5.41) is 0. The first-order chi connectivity index (χ1) is 8.61. The van der Waals surface area contributed by atoms with Crippen LogP contribution >= 0.6 is 24.0 Å². The van der Waals surface area contributed by atoms with Crippen molar-refractivity contribution >= 4 is 46.0 Å². The van der Waals surface area contributed by atoms with Crippen molar-refractivity contribution in [3.05, 3.63) is 47.4 Å². The van der Waals surface area contributed by atoms with E-state index in [0.29, 0.717) is 21.5 Å². The zero-order valence-corrected chi connectivity index (χ0v) is 11.3. The maximum atomic E-state index is 12.1. The van der Waals surface area contributed by atoms with Gasteiger partial charge in [-0.2, -0.15) is 0 Å². The van der Waals surface area contributed by atoms with Crippen molar-refractivity contribution in [3.8, 4) is 0 Å². The number of amides is 1. The fraction of sp³-hybridized carbons (Fsp3) is 0.0769. The van der Waals surface area contributed by atoms with Crippen LogP contribution < -0.4 is 5.73 Å². The zero-order chi connectivity index (χ0) is 13.1. The van der Waals surface area contributed by atoms with Gasteiger partial charge in [0.05, 0.1) is 4.91 Å². The number of thioether (sulfide) groups is 1. The van der Waals surface area contributed by atoms with Gasteiger partial charge in [-0.25, -0.2) is 0 Å². The smallest absolute Gasteiger partial charge is 0.266 e. The van der Waals surface area contributed by atoms with Gasteiger partial charge >= 0.3 is 0 Å². The van der Waals surface area contributed by atoms with Crippen molar-refractivity contribution in [2.24, 2.45) is 0 Å². The van der Waals surface area contributed by atoms with Gasteiger partial charge in [-0.05, 0) is 23.8 Å². The predicted octanol–water partition coefficient (Wildman–Crippen LogP) is 2.66. The van der Waals surface area contributed by atoms with Gasteiger partial charge in [-0.3, -0.25) is 9.69 Å². The van der Waals surface area contributed by atoms with Gasteiger partial charge in [0, 0.05) is 12.2 Å². The molecule has 3 nitrogen and oxygen atoms in total. The molecule has 1 heterocycles. The van der Waals surface area contributed by atoms with Gasteiger partial charge in [0.15, 0.2) is 0 Å². The molecule has 0 aromatic heterocycles. The second-order valence-corrected chi connectivity index (χ2v) is 5.42. The maximum absolute atomic E-state index is 12.1. The highest BCUT2D eigenvalue weighted by molar-refractivity contribution is 8.26. The van der Waals surface area contributed by atoms with Crippen LogP contribution in [0.2, 0.25) is 0 Å². The van der Waals surface area contributed by atoms with E-state index >= 15 is 0 Å². The first-order valence-electron chi connectivity index (χ1n) is 5.33. The molecule has 1 fully saturated rings. The van der Waals surface area contributed by atoms with Crippen LogP contribution in [0.1, 0.15) is 5.56 Å². The first kappa shape index (κ1) is 12.9. The molecule has 1 aliphatic rings. The van der Waals surface area contributed by atoms with Gasteiger partial charge in [0.2, 0.25) is 0 Å². The van der Waals surface area contributed by atoms with Crippen LogP contribution in [-0.2, 0) is 4.79 Å². The number of thiocarbonyl (C=S) groups is 1. The number of carbonyl (C=O) groups excluding carboxylic acids is 1. The number of nitrogens with two attached hydrogens (primary N) is 1. The van der Waals surface area contributed by atoms with E-state index in [2.05, 4.69) is 6.58 Å². The van der Waals surface area contributed by atoms with Crippen molar-refractivity contribution in [2.45, 2.75) is 0 Å². The van der Waals surface area contributed by atoms with Gasteiger partial charge in [0.25, 0.3) is 5.91 Å². The van der Waals surface area contributed by atoms with E-state index in [4.69, 9.17) is 18.0 Å². The lowest BCUT2D eigenvalue weighted by Crippen LogP contribution is -2.27. The number of rotatable bonds is 3. The molecule has 2 rings (SSSR count). The Balaban J connectivity index is 2.24. The molecule has 1 saturated heterocycles. The lowest BCUT2D eigenvalue weighted by Gasteiger charge is -2.10. The first-order valence-corrected chi connectivity index (χ1v) is 6.56. The SMILES string of the molecule is C=CCN1C(=O)C(=Cc2ccc(N)cc2)SC1=S. The average Bonchev–Trinajstić information content (AvgIpc) is 2.60. The van der Waals surface area contributed by atoms with E-state index in [9.17, 15) is 4.79 Å². The molecule has 0 saturated carbocycles. The third-order valence-corrected chi connectivity index (χ3v) is 3.80. The summed E-state index contributed by atoms with van der Waals surface area (Å²) in [5.74, 6) is -0.0678. The molecule has 0 radical (unpaired) electrons. The molecule has 0 atom stereocenters. The highest BCUT2D eigenvalue weighted by atomic mass is 32.2. The minimum atomic E-state index is -0.0678. The van der Waals surface area contributed by atoms with Gasteiger partial charge < -0.3 is 5.73 Å². The molecule has 18 heavy (non-hydrogen) atoms. The lowest BCUT2D eigenvalue weighted by molar-refractivity contribution is -0.121. The van der Waals surface area contributed by atoms with Crippen molar-refractivity contribution in [3.63, 3.8) is 0 Å². The Labute approximate surface area is 115 Å². The lowest BCUT2D eigenvalue weighted by atomic mass is 10.2. The molecule has 0 aliphatic carbocycles. The monoisotopic (exact) mass is 276 g/mol. The van der Waals surface area contributed by atoms with Crippen molar-refractivity contribution in [2.75, 3.05) is 12.3 Å². The quantitative estimate of drug-likeness (QED) is 0.399. The van der Waals surface area contributed by atoms with E-state index < -0.39 is 0 Å². The number of carbonyl (C=O) groups is 1. The van der Waals surface area contributed by atoms with Crippen LogP contribution in [0, 0.1) is 0 Å². The van der Waals surface area contributed by atoms with E-state index in [-0.39, 0.29) is 5.91 Å². The Morgan fingerprint density at radius 3 is 2.67 bits per heavy atom. The van der Waals surface area contributed by atoms with Crippen LogP contribution in [0.25, 0.3) is 6.08 Å². The number of nitrogen functional groups attached to an aromatic ring is 1. The van der Waals surface area contributed by atoms with Crippen LogP contribution in [0.4, 0.5) is 5.69 Å². The second kappa shape index (κ2) is 5.37. The van der Waals surface area contributed by atoms with E-state index in [1.807, 2.05) is 18.2 Å². The van der Waals surface area contributed by atoms with Crippen LogP contribution in [-0.4, -0.2) is 21.7 Å². The molecule has 0 unspecified atom stereocenters. The molecule has 5 heteroatoms. The molecular weight excluding hydrogens is 264 g/mol. The fourth-order valence-electron chi connectivity index (χ4n) is 1.53. The minimum Gasteiger partial charge on any atom is -0.399 e. The summed E-state index contributed by atoms with van der Waals surface area (Å²) in [7, 11) is 0. The van der Waals surface area contributed by atoms with Crippen LogP contribution in [0.5, 0.6) is 0 Å². The normalized spacial score (nSPS) is 17.6. The van der Waals surface area contributed by atoms with E-state index in [0.717, 1.165) is 5.56 Å². The van der Waals surface area contributed by atoms with Crippen molar-refractivity contribution < 1.29 is 4.79 Å². The highest BCUT2D eigenvalue weighted by Crippen LogP contribution is 2.32. The number of hydrogen-bond donors (Lipinski definition) is 1. The van der Waals surface area contributed by atoms with Gasteiger partial charge in [-0.15, -0.1) is 6.58 Å². The Hall–Kier alpha value is -1.59. The fourth-order valence-corrected chi connectivity index (χ4v) is 2.81. The standard InChI is InChI=1S/C13H12N2OS2/c1-2-7-15-12(16)11(18-13(15)17)8-9-3-5-10(14)6-4-9/h2-6,8H,1,7,14H2. The Bertz CT molecular complexity index is 534. The Morgan fingerprint density at radius 2 is 2.06 bits per heavy atom. The van der Waals surface area contributed by atoms with Gasteiger partial charge in [-0.1, -0.05) is 42.2 Å². The number of hydrogen-bond acceptors (Lipinski definition) is 4. The summed E-state index contributed by atoms with van der Waals surface area (Å²) >= 11 is 6.47. The summed E-state index contributed by atoms with van der Waals surface area (Å²) < 4.78 is 0.571. The molecule has 1 aromatic rings. The second-order valence-electron chi connectivity index (χ2n) is 3.75. The van der Waals surface area contributed by atoms with Crippen LogP contribution in [0.15, 0.2) is 41.8 Å². The maximum Gasteiger partial charge on any atom is 0.266 e. The summed E-state index contributed by atoms with van der Waals surface area (Å²) in [4.78, 5) is 14.2. The molecule has 1 aliphatic heterocycles. The van der Waals surface area contributed by atoms with E-state index in [1.54, 1.807) is 18.2 Å². The molecule has 0 bridgehead atoms. The number of nitrogens with zero attached hydrogens (tertiary/aromatic N) is 1. The van der Waals surface area contributed by atoms with Crippen molar-refractivity contribution in [1.29, 1.82) is 0 Å². The highest BCUT2D eigenvalue weighted by Gasteiger charge is 2.30. The average molecular weight is 276 g/mol. The summed E-state index contributed by atoms with van der Waals surface area (Å²) in [6.45, 7) is 4.06. The predicted molar refractivity (Wildman–Crippen MR) is 80.9 cm³/mol. The summed E-state index contributed by atoms with van der Waals surface area (Å²) in [6.07, 6.45) is 3.48. The molecule has 92 valence electrons. The molecule has 1 aromatic carbocycles. The van der Waals surface area contributed by atoms with Crippen molar-refractivity contribution in [1.82, 2.24) is 4.90 Å². The van der Waals surface area contributed by atoms with Gasteiger partial charge in [0.1, 0.15) is 4.32 Å².